The predicted octanol–water partition coefficient (Wildman–Crippen LogP) is 4.60. The van der Waals surface area contributed by atoms with E-state index in [0.717, 1.165) is 31.3 Å². The first kappa shape index (κ1) is 19.0. The number of allylic oxidation sites excluding steroid dienone is 7. The van der Waals surface area contributed by atoms with Gasteiger partial charge in [-0.3, -0.25) is 9.69 Å². The van der Waals surface area contributed by atoms with Crippen molar-refractivity contribution in [2.45, 2.75) is 53.4 Å². The molecule has 0 aromatic carbocycles. The Kier molecular flexibility index (Phi) is 8.17. The highest BCUT2D eigenvalue weighted by atomic mass is 16.2. The van der Waals surface area contributed by atoms with Crippen LogP contribution in [0.1, 0.15) is 53.4 Å². The lowest BCUT2D eigenvalue weighted by Gasteiger charge is -2.22. The summed E-state index contributed by atoms with van der Waals surface area (Å²) >= 11 is 0. The van der Waals surface area contributed by atoms with Gasteiger partial charge in [0.1, 0.15) is 5.82 Å². The second-order valence-corrected chi connectivity index (χ2v) is 6.37. The number of hydrogen-bond donors (Lipinski definition) is 1. The lowest BCUT2D eigenvalue weighted by atomic mass is 10.1. The van der Waals surface area contributed by atoms with E-state index in [2.05, 4.69) is 32.9 Å². The van der Waals surface area contributed by atoms with E-state index in [4.69, 9.17) is 5.73 Å². The van der Waals surface area contributed by atoms with Crippen molar-refractivity contribution in [3.8, 4) is 0 Å². The van der Waals surface area contributed by atoms with Crippen molar-refractivity contribution in [1.29, 1.82) is 0 Å². The molecular weight excluding hydrogens is 284 g/mol. The van der Waals surface area contributed by atoms with Gasteiger partial charge in [-0.05, 0) is 59.5 Å². The number of rotatable bonds is 7. The molecule has 23 heavy (non-hydrogen) atoms. The number of amides is 1. The molecule has 0 spiro atoms. The quantitative estimate of drug-likeness (QED) is 0.551. The minimum Gasteiger partial charge on any atom is -0.385 e. The van der Waals surface area contributed by atoms with E-state index < -0.39 is 0 Å². The second-order valence-electron chi connectivity index (χ2n) is 6.37. The molecule has 0 saturated carbocycles. The Morgan fingerprint density at radius 3 is 2.43 bits per heavy atom. The van der Waals surface area contributed by atoms with Gasteiger partial charge in [-0.1, -0.05) is 41.0 Å². The van der Waals surface area contributed by atoms with Gasteiger partial charge < -0.3 is 5.73 Å². The van der Waals surface area contributed by atoms with Gasteiger partial charge >= 0.3 is 0 Å². The fourth-order valence-corrected chi connectivity index (χ4v) is 2.34. The van der Waals surface area contributed by atoms with Gasteiger partial charge in [0, 0.05) is 12.6 Å². The predicted molar refractivity (Wildman–Crippen MR) is 98.5 cm³/mol. The highest BCUT2D eigenvalue weighted by molar-refractivity contribution is 5.89. The number of carbonyl (C=O) groups is 1. The van der Waals surface area contributed by atoms with Crippen LogP contribution in [0.5, 0.6) is 0 Å². The minimum absolute atomic E-state index is 0.0372. The highest BCUT2D eigenvalue weighted by Crippen LogP contribution is 2.13. The second kappa shape index (κ2) is 9.88. The fourth-order valence-electron chi connectivity index (χ4n) is 2.34. The van der Waals surface area contributed by atoms with E-state index in [-0.39, 0.29) is 5.91 Å². The van der Waals surface area contributed by atoms with Crippen LogP contribution >= 0.6 is 0 Å². The molecule has 0 bridgehead atoms. The third kappa shape index (κ3) is 7.68. The molecule has 3 nitrogen and oxygen atoms in total. The van der Waals surface area contributed by atoms with Gasteiger partial charge in [-0.2, -0.15) is 0 Å². The zero-order valence-corrected chi connectivity index (χ0v) is 14.9. The first-order chi connectivity index (χ1) is 10.9. The Morgan fingerprint density at radius 2 is 1.78 bits per heavy atom. The number of carbonyl (C=O) groups excluding carboxylic acids is 1. The molecule has 0 saturated heterocycles. The summed E-state index contributed by atoms with van der Waals surface area (Å²) in [5.74, 6) is 0.474. The summed E-state index contributed by atoms with van der Waals surface area (Å²) in [5.41, 5.74) is 9.71. The molecule has 0 aliphatic carbocycles. The summed E-state index contributed by atoms with van der Waals surface area (Å²) in [6, 6.07) is 0. The molecule has 0 radical (unpaired) electrons. The average Bonchev–Trinajstić information content (AvgIpc) is 2.47. The van der Waals surface area contributed by atoms with Crippen molar-refractivity contribution in [1.82, 2.24) is 4.90 Å². The number of nitrogens with zero attached hydrogens (tertiary/aromatic N) is 1. The Labute approximate surface area is 140 Å². The van der Waals surface area contributed by atoms with Crippen LogP contribution in [0.2, 0.25) is 0 Å². The molecular formula is C20H30N2O. The van der Waals surface area contributed by atoms with Gasteiger partial charge in [-0.25, -0.2) is 0 Å². The molecule has 1 aliphatic rings. The smallest absolute Gasteiger partial charge is 0.252 e. The molecule has 3 heteroatoms. The fraction of sp³-hybridized carbons (Fsp3) is 0.450. The standard InChI is InChI=1S/C20H30N2O/c1-16(2)9-7-10-17(3)11-8-12-18(4)15-20(23)22-14-6-5-13-19(22)21/h5-6,9,11,13,15H,7-8,10,12,14,21H2,1-4H3. The largest absolute Gasteiger partial charge is 0.385 e. The maximum absolute atomic E-state index is 12.2. The van der Waals surface area contributed by atoms with Crippen molar-refractivity contribution in [2.24, 2.45) is 5.73 Å². The molecule has 1 aliphatic heterocycles. The van der Waals surface area contributed by atoms with Crippen LogP contribution in [0.25, 0.3) is 0 Å². The molecule has 1 heterocycles. The Morgan fingerprint density at radius 1 is 1.13 bits per heavy atom. The van der Waals surface area contributed by atoms with Crippen molar-refractivity contribution >= 4 is 5.91 Å². The first-order valence-corrected chi connectivity index (χ1v) is 8.30. The van der Waals surface area contributed by atoms with Crippen LogP contribution in [-0.2, 0) is 4.79 Å². The topological polar surface area (TPSA) is 46.3 Å². The molecule has 2 N–H and O–H groups in total. The van der Waals surface area contributed by atoms with Crippen molar-refractivity contribution in [3.63, 3.8) is 0 Å². The lowest BCUT2D eigenvalue weighted by molar-refractivity contribution is -0.123. The summed E-state index contributed by atoms with van der Waals surface area (Å²) < 4.78 is 0. The molecule has 1 amide bonds. The summed E-state index contributed by atoms with van der Waals surface area (Å²) in [4.78, 5) is 13.8. The molecule has 0 aromatic rings. The van der Waals surface area contributed by atoms with E-state index in [1.165, 1.54) is 11.1 Å². The normalized spacial score (nSPS) is 15.5. The van der Waals surface area contributed by atoms with Crippen LogP contribution < -0.4 is 5.73 Å². The van der Waals surface area contributed by atoms with Gasteiger partial charge in [0.25, 0.3) is 5.91 Å². The third-order valence-electron chi connectivity index (χ3n) is 3.76. The van der Waals surface area contributed by atoms with E-state index in [1.807, 2.05) is 19.1 Å². The lowest BCUT2D eigenvalue weighted by Crippen LogP contribution is -2.34. The van der Waals surface area contributed by atoms with Crippen LogP contribution in [0.3, 0.4) is 0 Å². The van der Waals surface area contributed by atoms with E-state index >= 15 is 0 Å². The van der Waals surface area contributed by atoms with E-state index in [9.17, 15) is 4.79 Å². The van der Waals surface area contributed by atoms with Crippen LogP contribution in [-0.4, -0.2) is 17.4 Å². The van der Waals surface area contributed by atoms with Gasteiger partial charge in [0.15, 0.2) is 0 Å². The zero-order valence-electron chi connectivity index (χ0n) is 14.9. The Hall–Kier alpha value is -2.03. The Bertz CT molecular complexity index is 558. The van der Waals surface area contributed by atoms with E-state index in [1.54, 1.807) is 17.1 Å². The zero-order chi connectivity index (χ0) is 17.2. The molecule has 1 rings (SSSR count). The molecule has 126 valence electrons. The summed E-state index contributed by atoms with van der Waals surface area (Å²) in [6.45, 7) is 8.99. The van der Waals surface area contributed by atoms with Crippen LogP contribution in [0.15, 0.2) is 59.0 Å². The van der Waals surface area contributed by atoms with Crippen molar-refractivity contribution < 1.29 is 4.79 Å². The summed E-state index contributed by atoms with van der Waals surface area (Å²) in [6.07, 6.45) is 15.9. The number of nitrogens with two attached hydrogens (primary N) is 1. The molecule has 0 fully saturated rings. The summed E-state index contributed by atoms with van der Waals surface area (Å²) in [7, 11) is 0. The van der Waals surface area contributed by atoms with Crippen LogP contribution in [0, 0.1) is 0 Å². The van der Waals surface area contributed by atoms with Gasteiger partial charge in [-0.15, -0.1) is 0 Å². The highest BCUT2D eigenvalue weighted by Gasteiger charge is 2.13. The van der Waals surface area contributed by atoms with Crippen LogP contribution in [0.4, 0.5) is 0 Å². The number of hydrogen-bond acceptors (Lipinski definition) is 2. The van der Waals surface area contributed by atoms with Gasteiger partial charge in [0.05, 0.1) is 0 Å². The summed E-state index contributed by atoms with van der Waals surface area (Å²) in [5, 5.41) is 0. The van der Waals surface area contributed by atoms with E-state index in [0.29, 0.717) is 12.4 Å². The molecule has 0 atom stereocenters. The Balaban J connectivity index is 2.42. The maximum Gasteiger partial charge on any atom is 0.252 e. The van der Waals surface area contributed by atoms with Gasteiger partial charge in [0.2, 0.25) is 0 Å². The SMILES string of the molecule is CC(C)=CCCC(C)=CCCC(C)=CC(=O)N1CC=CC=C1N. The molecule has 0 unspecified atom stereocenters. The van der Waals surface area contributed by atoms with Crippen molar-refractivity contribution in [2.75, 3.05) is 6.54 Å². The minimum atomic E-state index is -0.0372. The monoisotopic (exact) mass is 314 g/mol. The molecule has 0 aromatic heterocycles. The van der Waals surface area contributed by atoms with Crippen molar-refractivity contribution in [3.05, 3.63) is 59.0 Å². The third-order valence-corrected chi connectivity index (χ3v) is 3.76. The first-order valence-electron chi connectivity index (χ1n) is 8.30. The maximum atomic E-state index is 12.2. The average molecular weight is 314 g/mol.